The largest absolute Gasteiger partial charge is 1.00 e. The maximum atomic E-state index is 12.2. The standard InChI is InChI=1S/C20H16NO2.BrH/c22-20(18-10-3-1-4-11-18)23-19-12-6-5-9-17(19)13-16-21-14-7-2-8-15-21;/h1-16H;1H/q+1;/p-1/b16-13+;. The van der Waals surface area contributed by atoms with Crippen molar-refractivity contribution in [1.29, 1.82) is 0 Å². The molecule has 120 valence electrons. The van der Waals surface area contributed by atoms with Crippen LogP contribution < -0.4 is 26.3 Å². The van der Waals surface area contributed by atoms with E-state index in [1.807, 2.05) is 83.8 Å². The molecule has 0 atom stereocenters. The van der Waals surface area contributed by atoms with Crippen LogP contribution in [0.25, 0.3) is 12.3 Å². The lowest BCUT2D eigenvalue weighted by molar-refractivity contribution is -0.567. The van der Waals surface area contributed by atoms with Crippen molar-refractivity contribution >= 4 is 18.2 Å². The Kier molecular flexibility index (Phi) is 6.46. The highest BCUT2D eigenvalue weighted by atomic mass is 79.9. The Morgan fingerprint density at radius 3 is 2.21 bits per heavy atom. The van der Waals surface area contributed by atoms with Crippen LogP contribution in [0.2, 0.25) is 0 Å². The number of hydrogen-bond donors (Lipinski definition) is 0. The van der Waals surface area contributed by atoms with Crippen LogP contribution >= 0.6 is 0 Å². The number of ether oxygens (including phenoxy) is 1. The summed E-state index contributed by atoms with van der Waals surface area (Å²) in [6, 6.07) is 22.3. The van der Waals surface area contributed by atoms with Crippen LogP contribution in [0.3, 0.4) is 0 Å². The first-order valence-corrected chi connectivity index (χ1v) is 7.33. The van der Waals surface area contributed by atoms with E-state index in [0.29, 0.717) is 11.3 Å². The summed E-state index contributed by atoms with van der Waals surface area (Å²) in [5, 5.41) is 0. The fourth-order valence-electron chi connectivity index (χ4n) is 2.12. The maximum Gasteiger partial charge on any atom is 0.343 e. The van der Waals surface area contributed by atoms with Crippen LogP contribution in [0, 0.1) is 0 Å². The molecule has 0 amide bonds. The molecule has 0 aliphatic carbocycles. The van der Waals surface area contributed by atoms with Gasteiger partial charge in [-0.05, 0) is 18.2 Å². The van der Waals surface area contributed by atoms with Gasteiger partial charge in [0.05, 0.1) is 5.56 Å². The molecule has 0 spiro atoms. The number of benzene rings is 2. The van der Waals surface area contributed by atoms with Crippen LogP contribution in [0.4, 0.5) is 0 Å². The number of nitrogens with zero attached hydrogens (tertiary/aromatic N) is 1. The van der Waals surface area contributed by atoms with E-state index < -0.39 is 0 Å². The van der Waals surface area contributed by atoms with E-state index in [0.717, 1.165) is 5.56 Å². The molecule has 0 saturated carbocycles. The molecule has 0 N–H and O–H groups in total. The normalized spacial score (nSPS) is 10.2. The molecule has 2 aromatic carbocycles. The Morgan fingerprint density at radius 1 is 0.833 bits per heavy atom. The second kappa shape index (κ2) is 8.79. The zero-order chi connectivity index (χ0) is 15.9. The number of esters is 1. The van der Waals surface area contributed by atoms with E-state index in [1.54, 1.807) is 18.2 Å². The molecule has 1 heterocycles. The number of halogens is 1. The number of pyridine rings is 1. The van der Waals surface area contributed by atoms with Gasteiger partial charge >= 0.3 is 5.97 Å². The molecule has 0 radical (unpaired) electrons. The molecule has 4 heteroatoms. The van der Waals surface area contributed by atoms with Crippen molar-refractivity contribution in [3.05, 3.63) is 96.3 Å². The topological polar surface area (TPSA) is 30.2 Å². The third kappa shape index (κ3) is 4.64. The van der Waals surface area contributed by atoms with E-state index in [1.165, 1.54) is 0 Å². The lowest BCUT2D eigenvalue weighted by Gasteiger charge is -2.06. The molecule has 0 aliphatic heterocycles. The van der Waals surface area contributed by atoms with Gasteiger partial charge in [0.1, 0.15) is 5.75 Å². The monoisotopic (exact) mass is 381 g/mol. The highest BCUT2D eigenvalue weighted by Crippen LogP contribution is 2.20. The van der Waals surface area contributed by atoms with Crippen molar-refractivity contribution in [3.8, 4) is 5.75 Å². The molecule has 3 nitrogen and oxygen atoms in total. The van der Waals surface area contributed by atoms with Crippen LogP contribution in [0.1, 0.15) is 15.9 Å². The SMILES string of the molecule is O=C(Oc1ccccc1/C=C/[n+]1ccccc1)c1ccccc1.[Br-]. The van der Waals surface area contributed by atoms with Crippen LogP contribution in [-0.2, 0) is 0 Å². The van der Waals surface area contributed by atoms with Gasteiger partial charge < -0.3 is 21.7 Å². The fourth-order valence-corrected chi connectivity index (χ4v) is 2.12. The van der Waals surface area contributed by atoms with Gasteiger partial charge in [-0.3, -0.25) is 0 Å². The Hall–Kier alpha value is -2.72. The van der Waals surface area contributed by atoms with Gasteiger partial charge in [-0.2, -0.15) is 4.57 Å². The minimum absolute atomic E-state index is 0. The van der Waals surface area contributed by atoms with Crippen LogP contribution in [0.15, 0.2) is 85.2 Å². The first-order chi connectivity index (χ1) is 11.3. The molecule has 24 heavy (non-hydrogen) atoms. The Morgan fingerprint density at radius 2 is 1.46 bits per heavy atom. The smallest absolute Gasteiger partial charge is 0.343 e. The van der Waals surface area contributed by atoms with Crippen LogP contribution in [0.5, 0.6) is 5.75 Å². The lowest BCUT2D eigenvalue weighted by Crippen LogP contribution is -3.00. The summed E-state index contributed by atoms with van der Waals surface area (Å²) in [6.07, 6.45) is 7.70. The Labute approximate surface area is 151 Å². The number of aromatic nitrogens is 1. The summed E-state index contributed by atoms with van der Waals surface area (Å²) in [7, 11) is 0. The van der Waals surface area contributed by atoms with Gasteiger partial charge in [0.2, 0.25) is 0 Å². The minimum atomic E-state index is -0.362. The highest BCUT2D eigenvalue weighted by Gasteiger charge is 2.10. The Bertz CT molecular complexity index is 817. The lowest BCUT2D eigenvalue weighted by atomic mass is 10.2. The first kappa shape index (κ1) is 17.6. The van der Waals surface area contributed by atoms with Gasteiger partial charge in [-0.25, -0.2) is 4.79 Å². The number of rotatable bonds is 4. The zero-order valence-corrected chi connectivity index (χ0v) is 14.5. The van der Waals surface area contributed by atoms with E-state index in [4.69, 9.17) is 4.74 Å². The van der Waals surface area contributed by atoms with E-state index >= 15 is 0 Å². The second-order valence-corrected chi connectivity index (χ2v) is 4.93. The van der Waals surface area contributed by atoms with Crippen molar-refractivity contribution in [2.45, 2.75) is 0 Å². The molecular formula is C20H16BrNO2. The quantitative estimate of drug-likeness (QED) is 0.380. The summed E-state index contributed by atoms with van der Waals surface area (Å²) in [5.74, 6) is 0.174. The summed E-state index contributed by atoms with van der Waals surface area (Å²) in [6.45, 7) is 0. The van der Waals surface area contributed by atoms with E-state index in [2.05, 4.69) is 0 Å². The molecule has 0 aliphatic rings. The minimum Gasteiger partial charge on any atom is -1.00 e. The first-order valence-electron chi connectivity index (χ1n) is 7.33. The highest BCUT2D eigenvalue weighted by molar-refractivity contribution is 5.91. The van der Waals surface area contributed by atoms with E-state index in [9.17, 15) is 4.79 Å². The summed E-state index contributed by atoms with van der Waals surface area (Å²) in [5.41, 5.74) is 1.37. The van der Waals surface area contributed by atoms with Gasteiger partial charge in [0, 0.05) is 23.8 Å². The number of carbonyl (C=O) groups is 1. The average molecular weight is 382 g/mol. The fraction of sp³-hybridized carbons (Fsp3) is 0. The molecule has 1 aromatic heterocycles. The average Bonchev–Trinajstić information content (AvgIpc) is 2.62. The Balaban J connectivity index is 0.00000208. The predicted molar refractivity (Wildman–Crippen MR) is 89.7 cm³/mol. The third-order valence-corrected chi connectivity index (χ3v) is 3.30. The zero-order valence-electron chi connectivity index (χ0n) is 12.9. The molecule has 0 unspecified atom stereocenters. The summed E-state index contributed by atoms with van der Waals surface area (Å²) < 4.78 is 7.45. The second-order valence-electron chi connectivity index (χ2n) is 4.93. The summed E-state index contributed by atoms with van der Waals surface area (Å²) in [4.78, 5) is 12.2. The molecule has 0 fully saturated rings. The molecule has 3 aromatic rings. The van der Waals surface area contributed by atoms with Gasteiger partial charge in [0.15, 0.2) is 18.6 Å². The maximum absolute atomic E-state index is 12.2. The summed E-state index contributed by atoms with van der Waals surface area (Å²) >= 11 is 0. The number of hydrogen-bond acceptors (Lipinski definition) is 2. The predicted octanol–water partition coefficient (Wildman–Crippen LogP) is 0.825. The number of carbonyl (C=O) groups excluding carboxylic acids is 1. The van der Waals surface area contributed by atoms with Crippen molar-refractivity contribution < 1.29 is 31.1 Å². The van der Waals surface area contributed by atoms with Crippen molar-refractivity contribution in [1.82, 2.24) is 0 Å². The van der Waals surface area contributed by atoms with Crippen molar-refractivity contribution in [2.75, 3.05) is 0 Å². The molecule has 3 rings (SSSR count). The molecule has 0 bridgehead atoms. The third-order valence-electron chi connectivity index (χ3n) is 3.30. The van der Waals surface area contributed by atoms with Gasteiger partial charge in [-0.1, -0.05) is 42.5 Å². The van der Waals surface area contributed by atoms with Crippen molar-refractivity contribution in [3.63, 3.8) is 0 Å². The van der Waals surface area contributed by atoms with Gasteiger partial charge in [0.25, 0.3) is 0 Å². The number of para-hydroxylation sites is 1. The van der Waals surface area contributed by atoms with Crippen LogP contribution in [-0.4, -0.2) is 5.97 Å². The van der Waals surface area contributed by atoms with Gasteiger partial charge in [-0.15, -0.1) is 0 Å². The van der Waals surface area contributed by atoms with E-state index in [-0.39, 0.29) is 23.0 Å². The van der Waals surface area contributed by atoms with Crippen molar-refractivity contribution in [2.24, 2.45) is 0 Å². The molecular weight excluding hydrogens is 366 g/mol. The molecule has 0 saturated heterocycles.